The van der Waals surface area contributed by atoms with Crippen LogP contribution < -0.4 is 0 Å². The van der Waals surface area contributed by atoms with E-state index in [2.05, 4.69) is 28.9 Å². The van der Waals surface area contributed by atoms with Gasteiger partial charge in [0.1, 0.15) is 5.60 Å². The standard InChI is InChI=1S/C16H20BrNO/c1-12-7-9-16(11-18,10-8-12)15(2,19)13-3-5-14(17)6-4-13/h3-6,12,19H,7-10H2,1-2H3. The summed E-state index contributed by atoms with van der Waals surface area (Å²) in [7, 11) is 0. The Hall–Kier alpha value is -0.850. The van der Waals surface area contributed by atoms with Gasteiger partial charge in [-0.1, -0.05) is 35.0 Å². The van der Waals surface area contributed by atoms with E-state index in [-0.39, 0.29) is 0 Å². The number of hydrogen-bond donors (Lipinski definition) is 1. The van der Waals surface area contributed by atoms with Gasteiger partial charge in [-0.2, -0.15) is 5.26 Å². The molecule has 0 saturated heterocycles. The lowest BCUT2D eigenvalue weighted by Crippen LogP contribution is -2.44. The largest absolute Gasteiger partial charge is 0.384 e. The zero-order valence-electron chi connectivity index (χ0n) is 11.5. The van der Waals surface area contributed by atoms with E-state index >= 15 is 0 Å². The van der Waals surface area contributed by atoms with Gasteiger partial charge in [-0.05, 0) is 56.2 Å². The maximum atomic E-state index is 11.0. The third-order valence-electron chi connectivity index (χ3n) is 4.68. The van der Waals surface area contributed by atoms with Gasteiger partial charge in [0, 0.05) is 4.47 Å². The number of hydrogen-bond acceptors (Lipinski definition) is 2. The Kier molecular flexibility index (Phi) is 4.03. The molecule has 19 heavy (non-hydrogen) atoms. The van der Waals surface area contributed by atoms with E-state index in [1.807, 2.05) is 24.3 Å². The fourth-order valence-corrected chi connectivity index (χ4v) is 3.28. The van der Waals surface area contributed by atoms with Gasteiger partial charge in [0.25, 0.3) is 0 Å². The molecule has 1 saturated carbocycles. The van der Waals surface area contributed by atoms with Gasteiger partial charge in [-0.3, -0.25) is 0 Å². The highest BCUT2D eigenvalue weighted by molar-refractivity contribution is 9.10. The number of nitrogens with zero attached hydrogens (tertiary/aromatic N) is 1. The van der Waals surface area contributed by atoms with E-state index in [9.17, 15) is 10.4 Å². The summed E-state index contributed by atoms with van der Waals surface area (Å²) in [6, 6.07) is 10.1. The average molecular weight is 322 g/mol. The van der Waals surface area contributed by atoms with Crippen LogP contribution in [0, 0.1) is 22.7 Å². The molecule has 0 radical (unpaired) electrons. The average Bonchev–Trinajstić information content (AvgIpc) is 2.40. The summed E-state index contributed by atoms with van der Waals surface area (Å²) in [5.74, 6) is 0.655. The highest BCUT2D eigenvalue weighted by Crippen LogP contribution is 2.50. The highest BCUT2D eigenvalue weighted by atomic mass is 79.9. The summed E-state index contributed by atoms with van der Waals surface area (Å²) in [5.41, 5.74) is -0.928. The van der Waals surface area contributed by atoms with Crippen molar-refractivity contribution < 1.29 is 5.11 Å². The highest BCUT2D eigenvalue weighted by Gasteiger charge is 2.49. The quantitative estimate of drug-likeness (QED) is 0.878. The van der Waals surface area contributed by atoms with Crippen molar-refractivity contribution in [2.75, 3.05) is 0 Å². The van der Waals surface area contributed by atoms with Gasteiger partial charge in [0.15, 0.2) is 0 Å². The van der Waals surface area contributed by atoms with Gasteiger partial charge >= 0.3 is 0 Å². The Balaban J connectivity index is 2.36. The third kappa shape index (κ3) is 2.57. The van der Waals surface area contributed by atoms with Crippen molar-refractivity contribution in [1.82, 2.24) is 0 Å². The molecule has 1 unspecified atom stereocenters. The smallest absolute Gasteiger partial charge is 0.105 e. The molecule has 1 aromatic carbocycles. The topological polar surface area (TPSA) is 44.0 Å². The minimum absolute atomic E-state index is 0.655. The Bertz CT molecular complexity index is 478. The first-order valence-corrected chi connectivity index (χ1v) is 7.60. The van der Waals surface area contributed by atoms with E-state index in [0.717, 1.165) is 35.7 Å². The third-order valence-corrected chi connectivity index (χ3v) is 5.21. The van der Waals surface area contributed by atoms with Crippen LogP contribution in [0.5, 0.6) is 0 Å². The van der Waals surface area contributed by atoms with Crippen molar-refractivity contribution >= 4 is 15.9 Å². The molecular weight excluding hydrogens is 302 g/mol. The van der Waals surface area contributed by atoms with Crippen molar-refractivity contribution in [3.05, 3.63) is 34.3 Å². The second-order valence-electron chi connectivity index (χ2n) is 5.96. The predicted molar refractivity (Wildman–Crippen MR) is 79.4 cm³/mol. The molecule has 1 atom stereocenters. The Morgan fingerprint density at radius 2 is 1.84 bits per heavy atom. The zero-order chi connectivity index (χ0) is 14.1. The summed E-state index contributed by atoms with van der Waals surface area (Å²) >= 11 is 3.40. The molecule has 1 aliphatic carbocycles. The second-order valence-corrected chi connectivity index (χ2v) is 6.87. The van der Waals surface area contributed by atoms with E-state index in [1.54, 1.807) is 6.92 Å². The first-order chi connectivity index (χ1) is 8.91. The van der Waals surface area contributed by atoms with Gasteiger partial charge < -0.3 is 5.11 Å². The Morgan fingerprint density at radius 3 is 2.32 bits per heavy atom. The zero-order valence-corrected chi connectivity index (χ0v) is 13.1. The molecule has 1 aromatic rings. The number of rotatable bonds is 2. The molecule has 0 heterocycles. The maximum Gasteiger partial charge on any atom is 0.105 e. The normalized spacial score (nSPS) is 30.4. The first kappa shape index (κ1) is 14.6. The minimum Gasteiger partial charge on any atom is -0.384 e. The van der Waals surface area contributed by atoms with Crippen LogP contribution in [0.3, 0.4) is 0 Å². The fourth-order valence-electron chi connectivity index (χ4n) is 3.01. The molecule has 1 fully saturated rings. The Morgan fingerprint density at radius 1 is 1.32 bits per heavy atom. The summed E-state index contributed by atoms with van der Waals surface area (Å²) in [5, 5.41) is 20.7. The lowest BCUT2D eigenvalue weighted by molar-refractivity contribution is -0.0686. The van der Waals surface area contributed by atoms with Crippen molar-refractivity contribution in [2.24, 2.45) is 11.3 Å². The minimum atomic E-state index is -1.09. The van der Waals surface area contributed by atoms with Crippen LogP contribution in [0.15, 0.2) is 28.7 Å². The van der Waals surface area contributed by atoms with Gasteiger partial charge in [0.05, 0.1) is 11.5 Å². The fraction of sp³-hybridized carbons (Fsp3) is 0.562. The number of benzene rings is 1. The van der Waals surface area contributed by atoms with Gasteiger partial charge in [-0.25, -0.2) is 0 Å². The van der Waals surface area contributed by atoms with Crippen LogP contribution in [-0.2, 0) is 5.60 Å². The van der Waals surface area contributed by atoms with Crippen molar-refractivity contribution in [2.45, 2.75) is 45.1 Å². The molecule has 102 valence electrons. The van der Waals surface area contributed by atoms with Crippen LogP contribution in [0.1, 0.15) is 45.1 Å². The van der Waals surface area contributed by atoms with Crippen LogP contribution in [-0.4, -0.2) is 5.11 Å². The maximum absolute atomic E-state index is 11.0. The molecule has 0 bridgehead atoms. The second kappa shape index (κ2) is 5.26. The number of halogens is 1. The van der Waals surface area contributed by atoms with Crippen LogP contribution >= 0.6 is 15.9 Å². The molecule has 2 rings (SSSR count). The number of nitriles is 1. The number of aliphatic hydroxyl groups is 1. The van der Waals surface area contributed by atoms with Crippen molar-refractivity contribution in [3.8, 4) is 6.07 Å². The SMILES string of the molecule is CC1CCC(C#N)(C(C)(O)c2ccc(Br)cc2)CC1. The summed E-state index contributed by atoms with van der Waals surface area (Å²) in [4.78, 5) is 0. The van der Waals surface area contributed by atoms with E-state index in [1.165, 1.54) is 0 Å². The molecule has 0 amide bonds. The molecule has 1 N–H and O–H groups in total. The molecule has 0 aromatic heterocycles. The molecule has 3 heteroatoms. The molecule has 1 aliphatic rings. The van der Waals surface area contributed by atoms with Crippen LogP contribution in [0.2, 0.25) is 0 Å². The molecule has 2 nitrogen and oxygen atoms in total. The van der Waals surface area contributed by atoms with E-state index in [4.69, 9.17) is 0 Å². The van der Waals surface area contributed by atoms with E-state index in [0.29, 0.717) is 5.92 Å². The summed E-state index contributed by atoms with van der Waals surface area (Å²) in [6.07, 6.45) is 3.57. The van der Waals surface area contributed by atoms with Crippen molar-refractivity contribution in [1.29, 1.82) is 5.26 Å². The summed E-state index contributed by atoms with van der Waals surface area (Å²) in [6.45, 7) is 4.01. The van der Waals surface area contributed by atoms with Crippen molar-refractivity contribution in [3.63, 3.8) is 0 Å². The monoisotopic (exact) mass is 321 g/mol. The van der Waals surface area contributed by atoms with E-state index < -0.39 is 11.0 Å². The van der Waals surface area contributed by atoms with Gasteiger partial charge in [0.2, 0.25) is 0 Å². The van der Waals surface area contributed by atoms with Gasteiger partial charge in [-0.15, -0.1) is 0 Å². The predicted octanol–water partition coefficient (Wildman–Crippen LogP) is 4.38. The Labute approximate surface area is 123 Å². The lowest BCUT2D eigenvalue weighted by atomic mass is 9.61. The molecular formula is C16H20BrNO. The molecule has 0 aliphatic heterocycles. The van der Waals surface area contributed by atoms with Crippen LogP contribution in [0.4, 0.5) is 0 Å². The first-order valence-electron chi connectivity index (χ1n) is 6.81. The summed E-state index contributed by atoms with van der Waals surface area (Å²) < 4.78 is 0.982. The molecule has 0 spiro atoms. The van der Waals surface area contributed by atoms with Crippen LogP contribution in [0.25, 0.3) is 0 Å². The lowest BCUT2D eigenvalue weighted by Gasteiger charge is -2.44.